The summed E-state index contributed by atoms with van der Waals surface area (Å²) in [5.74, 6) is 7.05. The van der Waals surface area contributed by atoms with Crippen LogP contribution >= 0.6 is 0 Å². The van der Waals surface area contributed by atoms with Crippen LogP contribution in [0.4, 0.5) is 17.5 Å². The highest BCUT2D eigenvalue weighted by Gasteiger charge is 2.13. The van der Waals surface area contributed by atoms with Crippen LogP contribution in [-0.4, -0.2) is 53.8 Å². The summed E-state index contributed by atoms with van der Waals surface area (Å²) in [6.45, 7) is 3.06. The molecule has 1 heterocycles. The normalized spacial score (nSPS) is 10.9. The Morgan fingerprint density at radius 2 is 2.03 bits per heavy atom. The number of benzene rings is 1. The van der Waals surface area contributed by atoms with Crippen LogP contribution in [-0.2, 0) is 4.79 Å². The molecule has 0 fully saturated rings. The molecule has 0 radical (unpaired) electrons. The lowest BCUT2D eigenvalue weighted by atomic mass is 10.2. The molecule has 5 N–H and O–H groups in total. The molecule has 0 aliphatic heterocycles. The molecule has 0 saturated carbocycles. The second kappa shape index (κ2) is 13.6. The first kappa shape index (κ1) is 24.6. The van der Waals surface area contributed by atoms with Crippen LogP contribution < -0.4 is 21.3 Å². The number of hydrogen-bond acceptors (Lipinski definition) is 8. The van der Waals surface area contributed by atoms with Crippen LogP contribution in [0.15, 0.2) is 30.5 Å². The van der Waals surface area contributed by atoms with E-state index in [1.165, 1.54) is 0 Å². The zero-order valence-electron chi connectivity index (χ0n) is 18.4. The van der Waals surface area contributed by atoms with Crippen LogP contribution in [0.2, 0.25) is 0 Å². The van der Waals surface area contributed by atoms with Gasteiger partial charge in [-0.2, -0.15) is 10.2 Å². The van der Waals surface area contributed by atoms with Gasteiger partial charge in [0, 0.05) is 25.2 Å². The molecule has 1 amide bonds. The minimum atomic E-state index is -0.596. The van der Waals surface area contributed by atoms with Crippen molar-refractivity contribution in [2.24, 2.45) is 0 Å². The average molecular weight is 436 g/mol. The molecule has 1 aromatic carbocycles. The highest BCUT2D eigenvalue weighted by atomic mass is 16.3. The SMILES string of the molecule is CCCNc1nc(Nc2ccc(C#N)cc2)ncc1C#CCCCNC(=O)[C@H](CO)NC. The van der Waals surface area contributed by atoms with Crippen LogP contribution in [0.5, 0.6) is 0 Å². The van der Waals surface area contributed by atoms with Gasteiger partial charge in [-0.25, -0.2) is 4.98 Å². The predicted molar refractivity (Wildman–Crippen MR) is 124 cm³/mol. The maximum Gasteiger partial charge on any atom is 0.239 e. The van der Waals surface area contributed by atoms with Gasteiger partial charge in [0.05, 0.1) is 30.0 Å². The number of anilines is 3. The lowest BCUT2D eigenvalue weighted by Crippen LogP contribution is -2.45. The van der Waals surface area contributed by atoms with Gasteiger partial charge in [-0.1, -0.05) is 18.8 Å². The number of hydrogen-bond donors (Lipinski definition) is 5. The number of carbonyl (C=O) groups is 1. The Morgan fingerprint density at radius 1 is 1.25 bits per heavy atom. The zero-order valence-corrected chi connectivity index (χ0v) is 18.4. The smallest absolute Gasteiger partial charge is 0.239 e. The third-order valence-corrected chi connectivity index (χ3v) is 4.45. The Bertz CT molecular complexity index is 971. The van der Waals surface area contributed by atoms with Gasteiger partial charge >= 0.3 is 0 Å². The van der Waals surface area contributed by atoms with Gasteiger partial charge in [-0.05, 0) is 44.2 Å². The van der Waals surface area contributed by atoms with Crippen LogP contribution in [0.25, 0.3) is 0 Å². The van der Waals surface area contributed by atoms with Crippen molar-refractivity contribution >= 4 is 23.4 Å². The minimum absolute atomic E-state index is 0.229. The number of nitrogens with one attached hydrogen (secondary N) is 4. The summed E-state index contributed by atoms with van der Waals surface area (Å²) in [6.07, 6.45) is 3.90. The maximum absolute atomic E-state index is 11.8. The van der Waals surface area contributed by atoms with Crippen molar-refractivity contribution in [1.29, 1.82) is 5.26 Å². The fourth-order valence-corrected chi connectivity index (χ4v) is 2.64. The Labute approximate surface area is 188 Å². The van der Waals surface area contributed by atoms with Gasteiger partial charge in [-0.3, -0.25) is 4.79 Å². The van der Waals surface area contributed by atoms with Gasteiger partial charge < -0.3 is 26.4 Å². The number of nitriles is 1. The fraction of sp³-hybridized carbons (Fsp3) is 0.391. The summed E-state index contributed by atoms with van der Waals surface area (Å²) in [7, 11) is 1.63. The molecular formula is C23H29N7O2. The largest absolute Gasteiger partial charge is 0.394 e. The molecule has 0 saturated heterocycles. The third kappa shape index (κ3) is 7.88. The lowest BCUT2D eigenvalue weighted by Gasteiger charge is -2.12. The summed E-state index contributed by atoms with van der Waals surface area (Å²) >= 11 is 0. The molecule has 1 atom stereocenters. The number of aliphatic hydroxyl groups excluding tert-OH is 1. The number of amides is 1. The molecule has 0 unspecified atom stereocenters. The van der Waals surface area contributed by atoms with E-state index >= 15 is 0 Å². The van der Waals surface area contributed by atoms with Crippen LogP contribution in [0.3, 0.4) is 0 Å². The molecule has 168 valence electrons. The monoisotopic (exact) mass is 435 g/mol. The van der Waals surface area contributed by atoms with Crippen LogP contribution in [0.1, 0.15) is 37.3 Å². The van der Waals surface area contributed by atoms with E-state index in [1.54, 1.807) is 37.5 Å². The minimum Gasteiger partial charge on any atom is -0.394 e. The molecule has 0 aliphatic rings. The quantitative estimate of drug-likeness (QED) is 0.266. The van der Waals surface area contributed by atoms with Crippen molar-refractivity contribution < 1.29 is 9.90 Å². The first-order chi connectivity index (χ1) is 15.6. The van der Waals surface area contributed by atoms with E-state index in [0.717, 1.165) is 18.7 Å². The molecular weight excluding hydrogens is 406 g/mol. The van der Waals surface area contributed by atoms with E-state index in [9.17, 15) is 4.79 Å². The molecule has 0 aliphatic carbocycles. The lowest BCUT2D eigenvalue weighted by molar-refractivity contribution is -0.123. The van der Waals surface area contributed by atoms with E-state index in [1.807, 2.05) is 0 Å². The van der Waals surface area contributed by atoms with Crippen LogP contribution in [0, 0.1) is 23.2 Å². The number of nitrogens with zero attached hydrogens (tertiary/aromatic N) is 3. The molecule has 0 bridgehead atoms. The first-order valence-electron chi connectivity index (χ1n) is 10.5. The topological polar surface area (TPSA) is 135 Å². The Balaban J connectivity index is 1.97. The summed E-state index contributed by atoms with van der Waals surface area (Å²) < 4.78 is 0. The van der Waals surface area contributed by atoms with Gasteiger partial charge in [0.1, 0.15) is 11.9 Å². The van der Waals surface area contributed by atoms with Gasteiger partial charge in [-0.15, -0.1) is 0 Å². The van der Waals surface area contributed by atoms with Crippen molar-refractivity contribution in [3.63, 3.8) is 0 Å². The number of likely N-dealkylation sites (N-methyl/N-ethyl adjacent to an activating group) is 1. The van der Waals surface area contributed by atoms with E-state index in [0.29, 0.717) is 42.3 Å². The van der Waals surface area contributed by atoms with E-state index in [2.05, 4.69) is 56.1 Å². The fourth-order valence-electron chi connectivity index (χ4n) is 2.64. The highest BCUT2D eigenvalue weighted by Crippen LogP contribution is 2.17. The van der Waals surface area contributed by atoms with Gasteiger partial charge in [0.2, 0.25) is 11.9 Å². The number of rotatable bonds is 11. The molecule has 2 aromatic rings. The average Bonchev–Trinajstić information content (AvgIpc) is 2.82. The van der Waals surface area contributed by atoms with Crippen molar-refractivity contribution in [2.45, 2.75) is 32.2 Å². The molecule has 9 heteroatoms. The maximum atomic E-state index is 11.8. The first-order valence-corrected chi connectivity index (χ1v) is 10.5. The standard InChI is InChI=1S/C23H29N7O2/c1-3-12-26-21-18(7-5-4-6-13-27-22(32)20(16-31)25-2)15-28-23(30-21)29-19-10-8-17(14-24)9-11-19/h8-11,15,20,25,31H,3-4,6,12-13,16H2,1-2H3,(H,27,32)(H2,26,28,29,30)/t20-/m0/s1. The summed E-state index contributed by atoms with van der Waals surface area (Å²) in [6, 6.07) is 8.54. The molecule has 9 nitrogen and oxygen atoms in total. The molecule has 1 aromatic heterocycles. The van der Waals surface area contributed by atoms with E-state index in [4.69, 9.17) is 10.4 Å². The summed E-state index contributed by atoms with van der Waals surface area (Å²) in [5, 5.41) is 29.9. The Kier molecular flexibility index (Phi) is 10.5. The third-order valence-electron chi connectivity index (χ3n) is 4.45. The zero-order chi connectivity index (χ0) is 23.2. The Morgan fingerprint density at radius 3 is 2.69 bits per heavy atom. The number of unbranched alkanes of at least 4 members (excludes halogenated alkanes) is 1. The van der Waals surface area contributed by atoms with Crippen molar-refractivity contribution in [3.05, 3.63) is 41.6 Å². The predicted octanol–water partition coefficient (Wildman–Crippen LogP) is 1.74. The van der Waals surface area contributed by atoms with Gasteiger partial charge in [0.15, 0.2) is 0 Å². The van der Waals surface area contributed by atoms with E-state index in [-0.39, 0.29) is 12.5 Å². The highest BCUT2D eigenvalue weighted by molar-refractivity contribution is 5.81. The molecule has 2 rings (SSSR count). The van der Waals surface area contributed by atoms with Crippen molar-refractivity contribution in [1.82, 2.24) is 20.6 Å². The number of aliphatic hydroxyl groups is 1. The van der Waals surface area contributed by atoms with Gasteiger partial charge in [0.25, 0.3) is 0 Å². The molecule has 0 spiro atoms. The summed E-state index contributed by atoms with van der Waals surface area (Å²) in [5.41, 5.74) is 2.07. The van der Waals surface area contributed by atoms with Crippen molar-refractivity contribution in [3.8, 4) is 17.9 Å². The number of aromatic nitrogens is 2. The van der Waals surface area contributed by atoms with Crippen molar-refractivity contribution in [2.75, 3.05) is 37.4 Å². The summed E-state index contributed by atoms with van der Waals surface area (Å²) in [4.78, 5) is 20.7. The Hall–Kier alpha value is -3.66. The molecule has 32 heavy (non-hydrogen) atoms. The van der Waals surface area contributed by atoms with E-state index < -0.39 is 6.04 Å². The number of carbonyl (C=O) groups excluding carboxylic acids is 1. The second-order valence-corrected chi connectivity index (χ2v) is 6.92. The second-order valence-electron chi connectivity index (χ2n) is 6.92.